The van der Waals surface area contributed by atoms with Crippen molar-refractivity contribution in [1.82, 2.24) is 19.7 Å². The van der Waals surface area contributed by atoms with Crippen LogP contribution in [-0.2, 0) is 16.1 Å². The summed E-state index contributed by atoms with van der Waals surface area (Å²) in [5, 5.41) is 6.85. The molecule has 2 N–H and O–H groups in total. The summed E-state index contributed by atoms with van der Waals surface area (Å²) in [6.45, 7) is 4.02. The highest BCUT2D eigenvalue weighted by Gasteiger charge is 2.08. The summed E-state index contributed by atoms with van der Waals surface area (Å²) in [5.74, 6) is -0.0728. The largest absolute Gasteiger partial charge is 0.364 e. The molecule has 0 aliphatic rings. The first kappa shape index (κ1) is 16.1. The highest BCUT2D eigenvalue weighted by molar-refractivity contribution is 5.91. The van der Waals surface area contributed by atoms with Gasteiger partial charge in [-0.2, -0.15) is 5.10 Å². The van der Waals surface area contributed by atoms with E-state index in [2.05, 4.69) is 20.4 Å². The van der Waals surface area contributed by atoms with Crippen LogP contribution in [-0.4, -0.2) is 32.3 Å². The second-order valence-corrected chi connectivity index (χ2v) is 5.69. The first-order valence-electron chi connectivity index (χ1n) is 7.57. The number of H-pyrrole nitrogens is 1. The molecule has 2 aromatic heterocycles. The van der Waals surface area contributed by atoms with E-state index in [4.69, 9.17) is 4.74 Å². The third-order valence-electron chi connectivity index (χ3n) is 3.38. The Kier molecular flexibility index (Phi) is 4.57. The Morgan fingerprint density at radius 3 is 3.04 bits per heavy atom. The summed E-state index contributed by atoms with van der Waals surface area (Å²) in [6.07, 6.45) is 3.35. The molecule has 0 fully saturated rings. The molecule has 0 unspecified atom stereocenters. The van der Waals surface area contributed by atoms with Crippen molar-refractivity contribution in [3.05, 3.63) is 42.2 Å². The van der Waals surface area contributed by atoms with E-state index in [-0.39, 0.29) is 31.0 Å². The topological polar surface area (TPSA) is 84.8 Å². The zero-order valence-electron chi connectivity index (χ0n) is 13.4. The number of anilines is 1. The molecule has 7 nitrogen and oxygen atoms in total. The predicted molar refractivity (Wildman–Crippen MR) is 86.9 cm³/mol. The fourth-order valence-electron chi connectivity index (χ4n) is 2.23. The molecule has 3 aromatic rings. The molecular formula is C16H18FN5O2. The van der Waals surface area contributed by atoms with Crippen LogP contribution in [0.15, 0.2) is 30.6 Å². The number of aromatic nitrogens is 4. The van der Waals surface area contributed by atoms with Gasteiger partial charge in [0.15, 0.2) is 0 Å². The van der Waals surface area contributed by atoms with E-state index in [1.165, 1.54) is 12.1 Å². The van der Waals surface area contributed by atoms with E-state index in [9.17, 15) is 9.18 Å². The van der Waals surface area contributed by atoms with Crippen LogP contribution < -0.4 is 5.32 Å². The number of carbonyl (C=O) groups is 1. The Morgan fingerprint density at radius 2 is 2.29 bits per heavy atom. The molecule has 0 bridgehead atoms. The SMILES string of the molecule is CC(C)n1cc(NC(=O)COCc2nc3ccc(F)cc3[nH]2)cn1. The van der Waals surface area contributed by atoms with E-state index < -0.39 is 0 Å². The van der Waals surface area contributed by atoms with Crippen LogP contribution >= 0.6 is 0 Å². The molecule has 24 heavy (non-hydrogen) atoms. The molecule has 0 radical (unpaired) electrons. The van der Waals surface area contributed by atoms with E-state index in [0.29, 0.717) is 22.5 Å². The van der Waals surface area contributed by atoms with E-state index in [1.54, 1.807) is 23.1 Å². The van der Waals surface area contributed by atoms with Gasteiger partial charge in [0.1, 0.15) is 24.9 Å². The van der Waals surface area contributed by atoms with Crippen molar-refractivity contribution in [2.45, 2.75) is 26.5 Å². The highest BCUT2D eigenvalue weighted by Crippen LogP contribution is 2.13. The number of benzene rings is 1. The average molecular weight is 331 g/mol. The second-order valence-electron chi connectivity index (χ2n) is 5.69. The first-order chi connectivity index (χ1) is 11.5. The molecule has 0 aliphatic heterocycles. The number of amides is 1. The highest BCUT2D eigenvalue weighted by atomic mass is 19.1. The standard InChI is InChI=1S/C16H18FN5O2/c1-10(2)22-7-12(6-18-22)19-16(23)9-24-8-15-20-13-4-3-11(17)5-14(13)21-15/h3-7,10H,8-9H2,1-2H3,(H,19,23)(H,20,21). The number of hydrogen-bond donors (Lipinski definition) is 2. The van der Waals surface area contributed by atoms with Gasteiger partial charge in [0, 0.05) is 12.2 Å². The van der Waals surface area contributed by atoms with Gasteiger partial charge in [0.05, 0.1) is 22.9 Å². The van der Waals surface area contributed by atoms with Crippen molar-refractivity contribution in [3.8, 4) is 0 Å². The van der Waals surface area contributed by atoms with Crippen LogP contribution in [0, 0.1) is 5.82 Å². The maximum absolute atomic E-state index is 13.1. The molecule has 1 amide bonds. The minimum absolute atomic E-state index is 0.113. The molecule has 2 heterocycles. The predicted octanol–water partition coefficient (Wildman–Crippen LogP) is 2.63. The van der Waals surface area contributed by atoms with Crippen molar-refractivity contribution in [2.24, 2.45) is 0 Å². The number of nitrogens with one attached hydrogen (secondary N) is 2. The van der Waals surface area contributed by atoms with Gasteiger partial charge in [-0.1, -0.05) is 0 Å². The lowest BCUT2D eigenvalue weighted by Gasteiger charge is -2.04. The lowest BCUT2D eigenvalue weighted by molar-refractivity contribution is -0.121. The zero-order chi connectivity index (χ0) is 17.1. The number of ether oxygens (including phenoxy) is 1. The number of rotatable bonds is 6. The number of hydrogen-bond acceptors (Lipinski definition) is 4. The summed E-state index contributed by atoms with van der Waals surface area (Å²) in [6, 6.07) is 4.53. The van der Waals surface area contributed by atoms with Crippen molar-refractivity contribution >= 4 is 22.6 Å². The number of nitrogens with zero attached hydrogens (tertiary/aromatic N) is 3. The lowest BCUT2D eigenvalue weighted by atomic mass is 10.3. The fourth-order valence-corrected chi connectivity index (χ4v) is 2.23. The summed E-state index contributed by atoms with van der Waals surface area (Å²) < 4.78 is 20.2. The maximum atomic E-state index is 13.1. The smallest absolute Gasteiger partial charge is 0.250 e. The van der Waals surface area contributed by atoms with Gasteiger partial charge in [-0.3, -0.25) is 9.48 Å². The summed E-state index contributed by atoms with van der Waals surface area (Å²) in [7, 11) is 0. The number of halogens is 1. The molecule has 0 spiro atoms. The molecule has 126 valence electrons. The van der Waals surface area contributed by atoms with Gasteiger partial charge in [0.25, 0.3) is 0 Å². The van der Waals surface area contributed by atoms with Crippen molar-refractivity contribution in [3.63, 3.8) is 0 Å². The number of fused-ring (bicyclic) bond motifs is 1. The zero-order valence-corrected chi connectivity index (χ0v) is 13.4. The molecule has 0 saturated carbocycles. The van der Waals surface area contributed by atoms with Crippen molar-refractivity contribution in [1.29, 1.82) is 0 Å². The van der Waals surface area contributed by atoms with E-state index in [1.807, 2.05) is 13.8 Å². The van der Waals surface area contributed by atoms with Crippen molar-refractivity contribution < 1.29 is 13.9 Å². The number of imidazole rings is 1. The Hall–Kier alpha value is -2.74. The van der Waals surface area contributed by atoms with Crippen LogP contribution in [0.3, 0.4) is 0 Å². The van der Waals surface area contributed by atoms with Crippen LogP contribution in [0.4, 0.5) is 10.1 Å². The van der Waals surface area contributed by atoms with Crippen LogP contribution in [0.1, 0.15) is 25.7 Å². The van der Waals surface area contributed by atoms with Gasteiger partial charge in [-0.25, -0.2) is 9.37 Å². The summed E-state index contributed by atoms with van der Waals surface area (Å²) in [4.78, 5) is 19.1. The van der Waals surface area contributed by atoms with Crippen LogP contribution in [0.5, 0.6) is 0 Å². The normalized spacial score (nSPS) is 11.3. The second kappa shape index (κ2) is 6.79. The molecular weight excluding hydrogens is 313 g/mol. The third-order valence-corrected chi connectivity index (χ3v) is 3.38. The third kappa shape index (κ3) is 3.77. The summed E-state index contributed by atoms with van der Waals surface area (Å²) in [5.41, 5.74) is 1.87. The monoisotopic (exact) mass is 331 g/mol. The van der Waals surface area contributed by atoms with Gasteiger partial charge in [-0.05, 0) is 32.0 Å². The van der Waals surface area contributed by atoms with Gasteiger partial charge >= 0.3 is 0 Å². The molecule has 3 rings (SSSR count). The van der Waals surface area contributed by atoms with Gasteiger partial charge in [0.2, 0.25) is 5.91 Å². The number of carbonyl (C=O) groups excluding carboxylic acids is 1. The maximum Gasteiger partial charge on any atom is 0.250 e. The quantitative estimate of drug-likeness (QED) is 0.727. The molecule has 8 heteroatoms. The van der Waals surface area contributed by atoms with Crippen molar-refractivity contribution in [2.75, 3.05) is 11.9 Å². The Labute approximate surface area is 137 Å². The van der Waals surface area contributed by atoms with E-state index in [0.717, 1.165) is 0 Å². The Morgan fingerprint density at radius 1 is 1.46 bits per heavy atom. The summed E-state index contributed by atoms with van der Waals surface area (Å²) >= 11 is 0. The van der Waals surface area contributed by atoms with Crippen LogP contribution in [0.25, 0.3) is 11.0 Å². The average Bonchev–Trinajstić information content (AvgIpc) is 3.13. The first-order valence-corrected chi connectivity index (χ1v) is 7.57. The van der Waals surface area contributed by atoms with E-state index >= 15 is 0 Å². The number of aromatic amines is 1. The Bertz CT molecular complexity index is 855. The van der Waals surface area contributed by atoms with Crippen LogP contribution in [0.2, 0.25) is 0 Å². The van der Waals surface area contributed by atoms with Gasteiger partial charge in [-0.15, -0.1) is 0 Å². The molecule has 0 saturated heterocycles. The molecule has 1 aromatic carbocycles. The minimum atomic E-state index is -0.333. The Balaban J connectivity index is 1.50. The molecule has 0 aliphatic carbocycles. The fraction of sp³-hybridized carbons (Fsp3) is 0.312. The minimum Gasteiger partial charge on any atom is -0.364 e. The molecule has 0 atom stereocenters. The lowest BCUT2D eigenvalue weighted by Crippen LogP contribution is -2.18. The van der Waals surface area contributed by atoms with Gasteiger partial charge < -0.3 is 15.0 Å².